The van der Waals surface area contributed by atoms with Gasteiger partial charge in [-0.1, -0.05) is 123 Å². The SMILES string of the molecule is Cc1cc(C)c(B(c2cc3c(cc2[P+](C)(c2ccccc2)c2ccccc2)C=CC3)c2c(C)cc(C)cc2C)c(C)c1. The van der Waals surface area contributed by atoms with Crippen LogP contribution >= 0.6 is 7.26 Å². The zero-order valence-electron chi connectivity index (χ0n) is 26.1. The van der Waals surface area contributed by atoms with Crippen LogP contribution in [0.25, 0.3) is 6.08 Å². The van der Waals surface area contributed by atoms with Crippen LogP contribution in [0.2, 0.25) is 0 Å². The van der Waals surface area contributed by atoms with Crippen molar-refractivity contribution in [1.82, 2.24) is 0 Å². The lowest BCUT2D eigenvalue weighted by Crippen LogP contribution is -2.61. The fourth-order valence-corrected chi connectivity index (χ4v) is 11.1. The van der Waals surface area contributed by atoms with E-state index in [1.54, 1.807) is 0 Å². The summed E-state index contributed by atoms with van der Waals surface area (Å²) < 4.78 is 0. The molecule has 1 aliphatic rings. The van der Waals surface area contributed by atoms with Crippen LogP contribution in [0, 0.1) is 41.5 Å². The molecule has 0 aliphatic heterocycles. The van der Waals surface area contributed by atoms with Gasteiger partial charge in [-0.2, -0.15) is 0 Å². The van der Waals surface area contributed by atoms with E-state index in [9.17, 15) is 0 Å². The van der Waals surface area contributed by atoms with E-state index in [1.165, 1.54) is 76.8 Å². The van der Waals surface area contributed by atoms with Crippen LogP contribution in [0.3, 0.4) is 0 Å². The molecule has 2 heteroatoms. The summed E-state index contributed by atoms with van der Waals surface area (Å²) in [6, 6.07) is 37.2. The highest BCUT2D eigenvalue weighted by Crippen LogP contribution is 2.51. The maximum atomic E-state index is 2.58. The Morgan fingerprint density at radius 3 is 1.48 bits per heavy atom. The zero-order valence-corrected chi connectivity index (χ0v) is 27.0. The van der Waals surface area contributed by atoms with Crippen molar-refractivity contribution in [1.29, 1.82) is 0 Å². The van der Waals surface area contributed by atoms with Crippen LogP contribution in [0.15, 0.2) is 103 Å². The van der Waals surface area contributed by atoms with Crippen molar-refractivity contribution in [3.8, 4) is 0 Å². The van der Waals surface area contributed by atoms with Crippen LogP contribution in [0.1, 0.15) is 44.5 Å². The standard InChI is InChI=1S/C40H41BP/c1-27-21-29(3)39(30(4)22-27)41(40-31(5)23-28(2)24-32(40)6)37-25-33-15-14-16-34(33)26-38(37)42(7,35-17-10-8-11-18-35)36-19-12-9-13-20-36/h8-14,16-26H,15H2,1-7H3/q+1. The van der Waals surface area contributed by atoms with E-state index < -0.39 is 7.26 Å². The number of rotatable bonds is 6. The second kappa shape index (κ2) is 11.2. The van der Waals surface area contributed by atoms with E-state index in [-0.39, 0.29) is 6.71 Å². The molecule has 5 aromatic carbocycles. The Hall–Kier alpha value is -3.67. The van der Waals surface area contributed by atoms with E-state index >= 15 is 0 Å². The zero-order chi connectivity index (χ0) is 29.6. The number of fused-ring (bicyclic) bond motifs is 1. The van der Waals surface area contributed by atoms with Crippen molar-refractivity contribution in [3.63, 3.8) is 0 Å². The van der Waals surface area contributed by atoms with Gasteiger partial charge in [0.1, 0.15) is 23.2 Å². The summed E-state index contributed by atoms with van der Waals surface area (Å²) in [6.45, 7) is 16.4. The highest BCUT2D eigenvalue weighted by atomic mass is 31.2. The molecule has 42 heavy (non-hydrogen) atoms. The summed E-state index contributed by atoms with van der Waals surface area (Å²) in [7, 11) is -2.00. The van der Waals surface area contributed by atoms with E-state index in [0.29, 0.717) is 0 Å². The minimum absolute atomic E-state index is 0.138. The van der Waals surface area contributed by atoms with Gasteiger partial charge >= 0.3 is 0 Å². The van der Waals surface area contributed by atoms with E-state index in [1.807, 2.05) is 0 Å². The lowest BCUT2D eigenvalue weighted by atomic mass is 9.34. The third-order valence-electron chi connectivity index (χ3n) is 9.32. The molecule has 6 rings (SSSR count). The molecule has 0 fully saturated rings. The van der Waals surface area contributed by atoms with Crippen molar-refractivity contribution in [2.45, 2.75) is 48.0 Å². The molecule has 0 aromatic heterocycles. The van der Waals surface area contributed by atoms with Crippen molar-refractivity contribution in [2.24, 2.45) is 0 Å². The second-order valence-corrected chi connectivity index (χ2v) is 16.0. The summed E-state index contributed by atoms with van der Waals surface area (Å²) in [5.41, 5.74) is 15.3. The molecule has 0 N–H and O–H groups in total. The lowest BCUT2D eigenvalue weighted by Gasteiger charge is -2.31. The summed E-state index contributed by atoms with van der Waals surface area (Å²) in [5.74, 6) is 0. The van der Waals surface area contributed by atoms with Crippen molar-refractivity contribution < 1.29 is 0 Å². The molecule has 208 valence electrons. The van der Waals surface area contributed by atoms with Crippen molar-refractivity contribution >= 4 is 52.4 Å². The van der Waals surface area contributed by atoms with Crippen LogP contribution in [-0.2, 0) is 6.42 Å². The average molecular weight is 564 g/mol. The van der Waals surface area contributed by atoms with Gasteiger partial charge in [-0.05, 0) is 94.9 Å². The smallest absolute Gasteiger partial charge is 0.0795 e. The monoisotopic (exact) mass is 563 g/mol. The van der Waals surface area contributed by atoms with E-state index in [0.717, 1.165) is 6.42 Å². The molecule has 0 nitrogen and oxygen atoms in total. The second-order valence-electron chi connectivity index (χ2n) is 12.5. The first kappa shape index (κ1) is 28.5. The Labute approximate surface area is 254 Å². The van der Waals surface area contributed by atoms with Gasteiger partial charge in [0.15, 0.2) is 0 Å². The Morgan fingerprint density at radius 1 is 0.571 bits per heavy atom. The van der Waals surface area contributed by atoms with Crippen molar-refractivity contribution in [2.75, 3.05) is 6.66 Å². The third kappa shape index (κ3) is 4.89. The molecule has 0 unspecified atom stereocenters. The molecule has 0 bridgehead atoms. The summed E-state index contributed by atoms with van der Waals surface area (Å²) in [4.78, 5) is 0. The fourth-order valence-electron chi connectivity index (χ4n) is 7.56. The first-order chi connectivity index (χ1) is 20.2. The first-order valence-corrected chi connectivity index (χ1v) is 17.4. The molecule has 0 amide bonds. The predicted molar refractivity (Wildman–Crippen MR) is 190 cm³/mol. The molecule has 0 saturated heterocycles. The van der Waals surface area contributed by atoms with E-state index in [2.05, 4.69) is 157 Å². The van der Waals surface area contributed by atoms with Crippen LogP contribution < -0.4 is 32.3 Å². The molecule has 1 aliphatic carbocycles. The number of allylic oxidation sites excluding steroid dienone is 1. The minimum atomic E-state index is -2.00. The van der Waals surface area contributed by atoms with Gasteiger partial charge in [0, 0.05) is 0 Å². The largest absolute Gasteiger partial charge is 0.247 e. The summed E-state index contributed by atoms with van der Waals surface area (Å²) >= 11 is 0. The Balaban J connectivity index is 1.77. The van der Waals surface area contributed by atoms with Crippen LogP contribution in [-0.4, -0.2) is 13.4 Å². The van der Waals surface area contributed by atoms with Gasteiger partial charge < -0.3 is 0 Å². The van der Waals surface area contributed by atoms with Gasteiger partial charge in [0.05, 0.1) is 6.66 Å². The Bertz CT molecular complexity index is 1670. The normalized spacial score (nSPS) is 12.5. The van der Waals surface area contributed by atoms with E-state index in [4.69, 9.17) is 0 Å². The maximum absolute atomic E-state index is 2.58. The lowest BCUT2D eigenvalue weighted by molar-refractivity contribution is 1.32. The predicted octanol–water partition coefficient (Wildman–Crippen LogP) is 6.55. The highest BCUT2D eigenvalue weighted by molar-refractivity contribution is 7.95. The first-order valence-electron chi connectivity index (χ1n) is 15.2. The topological polar surface area (TPSA) is 0 Å². The molecular formula is C40H41BP+. The van der Waals surface area contributed by atoms with Crippen LogP contribution in [0.5, 0.6) is 0 Å². The summed E-state index contributed by atoms with van der Waals surface area (Å²) in [5, 5.41) is 4.34. The summed E-state index contributed by atoms with van der Waals surface area (Å²) in [6.07, 6.45) is 5.67. The van der Waals surface area contributed by atoms with Gasteiger partial charge in [-0.3, -0.25) is 0 Å². The molecule has 0 spiro atoms. The van der Waals surface area contributed by atoms with Gasteiger partial charge in [-0.15, -0.1) is 0 Å². The van der Waals surface area contributed by atoms with Gasteiger partial charge in [-0.25, -0.2) is 0 Å². The molecule has 0 radical (unpaired) electrons. The third-order valence-corrected chi connectivity index (χ3v) is 13.3. The number of hydrogen-bond donors (Lipinski definition) is 0. The Morgan fingerprint density at radius 2 is 1.02 bits per heavy atom. The Kier molecular flexibility index (Phi) is 7.59. The number of benzene rings is 5. The van der Waals surface area contributed by atoms with Crippen molar-refractivity contribution in [3.05, 3.63) is 148 Å². The highest BCUT2D eigenvalue weighted by Gasteiger charge is 2.45. The average Bonchev–Trinajstić information content (AvgIpc) is 3.43. The molecule has 0 saturated carbocycles. The van der Waals surface area contributed by atoms with Gasteiger partial charge in [0.2, 0.25) is 6.71 Å². The minimum Gasteiger partial charge on any atom is -0.0795 e. The molecule has 5 aromatic rings. The molecule has 0 heterocycles. The number of hydrogen-bond acceptors (Lipinski definition) is 0. The fraction of sp³-hybridized carbons (Fsp3) is 0.200. The molecule has 0 atom stereocenters. The quantitative estimate of drug-likeness (QED) is 0.163. The maximum Gasteiger partial charge on any atom is 0.247 e. The van der Waals surface area contributed by atoms with Gasteiger partial charge in [0.25, 0.3) is 0 Å². The van der Waals surface area contributed by atoms with Crippen LogP contribution in [0.4, 0.5) is 0 Å². The molecular weight excluding hydrogens is 522 g/mol. The number of aryl methyl sites for hydroxylation is 6.